The number of likely N-dealkylation sites (N-methyl/N-ethyl adjacent to an activating group) is 1. The minimum atomic E-state index is -0.738. The number of halogens is 1. The van der Waals surface area contributed by atoms with Gasteiger partial charge in [-0.2, -0.15) is 0 Å². The standard InChI is InChI=1S/C16H17ClN4O2/c1-20-14(22)16(19-15(20)23)3-6-21(7-4-16)13-9-10(17)8-12-11(13)2-5-18-12/h2,5,8-9,18H,3-4,6-7H2,1H3,(H,19,23). The normalized spacial score (nSPS) is 20.6. The fourth-order valence-corrected chi connectivity index (χ4v) is 3.81. The second kappa shape index (κ2) is 4.89. The van der Waals surface area contributed by atoms with Crippen molar-refractivity contribution in [1.29, 1.82) is 0 Å². The molecule has 0 aliphatic carbocycles. The van der Waals surface area contributed by atoms with Crippen molar-refractivity contribution < 1.29 is 9.59 Å². The molecule has 1 aromatic carbocycles. The van der Waals surface area contributed by atoms with Crippen molar-refractivity contribution in [1.82, 2.24) is 15.2 Å². The molecule has 2 N–H and O–H groups in total. The number of imide groups is 1. The molecular weight excluding hydrogens is 316 g/mol. The third kappa shape index (κ3) is 2.09. The van der Waals surface area contributed by atoms with Crippen LogP contribution in [0.1, 0.15) is 12.8 Å². The molecule has 6 nitrogen and oxygen atoms in total. The van der Waals surface area contributed by atoms with Crippen LogP contribution in [0.3, 0.4) is 0 Å². The Bertz CT molecular complexity index is 808. The van der Waals surface area contributed by atoms with Gasteiger partial charge in [-0.3, -0.25) is 9.69 Å². The summed E-state index contributed by atoms with van der Waals surface area (Å²) in [5.41, 5.74) is 1.32. The second-order valence-corrected chi connectivity index (χ2v) is 6.66. The predicted octanol–water partition coefficient (Wildman–Crippen LogP) is 2.34. The van der Waals surface area contributed by atoms with Crippen molar-refractivity contribution in [2.24, 2.45) is 0 Å². The number of nitrogens with one attached hydrogen (secondary N) is 2. The molecule has 3 heterocycles. The molecule has 2 aromatic rings. The molecule has 0 bridgehead atoms. The molecule has 3 amide bonds. The first-order valence-electron chi connectivity index (χ1n) is 7.62. The van der Waals surface area contributed by atoms with Crippen LogP contribution in [0.4, 0.5) is 10.5 Å². The lowest BCUT2D eigenvalue weighted by Gasteiger charge is -2.38. The van der Waals surface area contributed by atoms with Gasteiger partial charge >= 0.3 is 6.03 Å². The van der Waals surface area contributed by atoms with Crippen LogP contribution in [-0.2, 0) is 4.79 Å². The lowest BCUT2D eigenvalue weighted by molar-refractivity contribution is -0.131. The molecule has 1 aromatic heterocycles. The molecule has 2 aliphatic rings. The molecule has 0 atom stereocenters. The average Bonchev–Trinajstić information content (AvgIpc) is 3.08. The van der Waals surface area contributed by atoms with Crippen LogP contribution in [0.25, 0.3) is 10.9 Å². The lowest BCUT2D eigenvalue weighted by Crippen LogP contribution is -2.55. The number of rotatable bonds is 1. The maximum atomic E-state index is 12.4. The Kier molecular flexibility index (Phi) is 3.06. The Balaban J connectivity index is 1.61. The predicted molar refractivity (Wildman–Crippen MR) is 88.8 cm³/mol. The van der Waals surface area contributed by atoms with E-state index in [1.54, 1.807) is 0 Å². The maximum Gasteiger partial charge on any atom is 0.324 e. The van der Waals surface area contributed by atoms with Gasteiger partial charge < -0.3 is 15.2 Å². The van der Waals surface area contributed by atoms with E-state index in [-0.39, 0.29) is 11.9 Å². The molecule has 0 unspecified atom stereocenters. The van der Waals surface area contributed by atoms with Crippen LogP contribution in [-0.4, -0.2) is 47.5 Å². The Morgan fingerprint density at radius 3 is 2.61 bits per heavy atom. The van der Waals surface area contributed by atoms with Gasteiger partial charge in [0.25, 0.3) is 5.91 Å². The number of hydrogen-bond acceptors (Lipinski definition) is 3. The molecular formula is C16H17ClN4O2. The van der Waals surface area contributed by atoms with Gasteiger partial charge in [0, 0.05) is 47.9 Å². The highest BCUT2D eigenvalue weighted by molar-refractivity contribution is 6.31. The largest absolute Gasteiger partial charge is 0.371 e. The summed E-state index contributed by atoms with van der Waals surface area (Å²) in [6, 6.07) is 5.58. The van der Waals surface area contributed by atoms with Crippen molar-refractivity contribution in [2.45, 2.75) is 18.4 Å². The van der Waals surface area contributed by atoms with Gasteiger partial charge in [0.1, 0.15) is 5.54 Å². The molecule has 2 fully saturated rings. The number of urea groups is 1. The number of anilines is 1. The number of H-pyrrole nitrogens is 1. The van der Waals surface area contributed by atoms with E-state index in [0.29, 0.717) is 31.0 Å². The SMILES string of the molecule is CN1C(=O)NC2(CCN(c3cc(Cl)cc4[nH]ccc34)CC2)C1=O. The first kappa shape index (κ1) is 14.4. The molecule has 2 aliphatic heterocycles. The summed E-state index contributed by atoms with van der Waals surface area (Å²) in [7, 11) is 1.53. The highest BCUT2D eigenvalue weighted by Gasteiger charge is 2.51. The van der Waals surface area contributed by atoms with Crippen molar-refractivity contribution in [3.05, 3.63) is 29.4 Å². The summed E-state index contributed by atoms with van der Waals surface area (Å²) >= 11 is 6.22. The number of aromatic amines is 1. The minimum absolute atomic E-state index is 0.125. The Morgan fingerprint density at radius 2 is 1.96 bits per heavy atom. The van der Waals surface area contributed by atoms with Crippen molar-refractivity contribution in [2.75, 3.05) is 25.0 Å². The van der Waals surface area contributed by atoms with E-state index < -0.39 is 5.54 Å². The quantitative estimate of drug-likeness (QED) is 0.788. The number of aromatic nitrogens is 1. The number of hydrogen-bond donors (Lipinski definition) is 2. The summed E-state index contributed by atoms with van der Waals surface area (Å²) in [6.07, 6.45) is 3.09. The van der Waals surface area contributed by atoms with E-state index in [9.17, 15) is 9.59 Å². The highest BCUT2D eigenvalue weighted by Crippen LogP contribution is 2.35. The van der Waals surface area contributed by atoms with Crippen molar-refractivity contribution in [3.63, 3.8) is 0 Å². The summed E-state index contributed by atoms with van der Waals surface area (Å²) in [4.78, 5) is 30.7. The minimum Gasteiger partial charge on any atom is -0.371 e. The van der Waals surface area contributed by atoms with Gasteiger partial charge in [0.05, 0.1) is 0 Å². The summed E-state index contributed by atoms with van der Waals surface area (Å²) in [5, 5.41) is 4.66. The number of carbonyl (C=O) groups excluding carboxylic acids is 2. The van der Waals surface area contributed by atoms with E-state index in [0.717, 1.165) is 16.6 Å². The van der Waals surface area contributed by atoms with Crippen LogP contribution in [0.2, 0.25) is 5.02 Å². The van der Waals surface area contributed by atoms with Gasteiger partial charge in [-0.15, -0.1) is 0 Å². The molecule has 4 rings (SSSR count). The van der Waals surface area contributed by atoms with E-state index in [1.807, 2.05) is 24.4 Å². The van der Waals surface area contributed by atoms with Crippen LogP contribution in [0.5, 0.6) is 0 Å². The third-order valence-electron chi connectivity index (χ3n) is 4.93. The van der Waals surface area contributed by atoms with Crippen molar-refractivity contribution >= 4 is 40.1 Å². The van der Waals surface area contributed by atoms with Gasteiger partial charge in [0.2, 0.25) is 0 Å². The number of piperidine rings is 1. The average molecular weight is 333 g/mol. The van der Waals surface area contributed by atoms with Crippen molar-refractivity contribution in [3.8, 4) is 0 Å². The first-order valence-corrected chi connectivity index (χ1v) is 8.00. The third-order valence-corrected chi connectivity index (χ3v) is 5.15. The summed E-state index contributed by atoms with van der Waals surface area (Å²) in [5.74, 6) is -0.125. The van der Waals surface area contributed by atoms with E-state index in [4.69, 9.17) is 11.6 Å². The fourth-order valence-electron chi connectivity index (χ4n) is 3.60. The number of nitrogens with zero attached hydrogens (tertiary/aromatic N) is 2. The molecule has 1 spiro atoms. The molecule has 2 saturated heterocycles. The van der Waals surface area contributed by atoms with E-state index in [2.05, 4.69) is 15.2 Å². The topological polar surface area (TPSA) is 68.4 Å². The van der Waals surface area contributed by atoms with Gasteiger partial charge in [-0.1, -0.05) is 11.6 Å². The highest BCUT2D eigenvalue weighted by atomic mass is 35.5. The monoisotopic (exact) mass is 332 g/mol. The van der Waals surface area contributed by atoms with Gasteiger partial charge in [-0.25, -0.2) is 4.79 Å². The number of amides is 3. The number of fused-ring (bicyclic) bond motifs is 1. The van der Waals surface area contributed by atoms with Crippen LogP contribution in [0, 0.1) is 0 Å². The maximum absolute atomic E-state index is 12.4. The molecule has 0 radical (unpaired) electrons. The fraction of sp³-hybridized carbons (Fsp3) is 0.375. The zero-order valence-corrected chi connectivity index (χ0v) is 13.5. The molecule has 7 heteroatoms. The summed E-state index contributed by atoms with van der Waals surface area (Å²) < 4.78 is 0. The summed E-state index contributed by atoms with van der Waals surface area (Å²) in [6.45, 7) is 1.39. The van der Waals surface area contributed by atoms with Crippen LogP contribution >= 0.6 is 11.6 Å². The zero-order valence-electron chi connectivity index (χ0n) is 12.7. The smallest absolute Gasteiger partial charge is 0.324 e. The van der Waals surface area contributed by atoms with Crippen LogP contribution in [0.15, 0.2) is 24.4 Å². The second-order valence-electron chi connectivity index (χ2n) is 6.23. The van der Waals surface area contributed by atoms with E-state index in [1.165, 1.54) is 11.9 Å². The Hall–Kier alpha value is -2.21. The molecule has 23 heavy (non-hydrogen) atoms. The van der Waals surface area contributed by atoms with E-state index >= 15 is 0 Å². The Labute approximate surface area is 138 Å². The lowest BCUT2D eigenvalue weighted by atomic mass is 9.87. The zero-order chi connectivity index (χ0) is 16.2. The Morgan fingerprint density at radius 1 is 1.22 bits per heavy atom. The number of carbonyl (C=O) groups is 2. The van der Waals surface area contributed by atoms with Gasteiger partial charge in [0.15, 0.2) is 0 Å². The van der Waals surface area contributed by atoms with Gasteiger partial charge in [-0.05, 0) is 31.0 Å². The number of benzene rings is 1. The first-order chi connectivity index (χ1) is 11.0. The molecule has 120 valence electrons. The molecule has 0 saturated carbocycles. The van der Waals surface area contributed by atoms with Crippen LogP contribution < -0.4 is 10.2 Å².